The van der Waals surface area contributed by atoms with Gasteiger partial charge in [-0.25, -0.2) is 0 Å². The van der Waals surface area contributed by atoms with Gasteiger partial charge < -0.3 is 5.32 Å². The van der Waals surface area contributed by atoms with Crippen molar-refractivity contribution in [2.24, 2.45) is 11.8 Å². The first-order valence-corrected chi connectivity index (χ1v) is 8.84. The van der Waals surface area contributed by atoms with Crippen molar-refractivity contribution in [3.63, 3.8) is 0 Å². The predicted molar refractivity (Wildman–Crippen MR) is 85.0 cm³/mol. The van der Waals surface area contributed by atoms with Crippen molar-refractivity contribution in [1.29, 1.82) is 0 Å². The average Bonchev–Trinajstić information content (AvgIpc) is 2.93. The summed E-state index contributed by atoms with van der Waals surface area (Å²) in [6.45, 7) is 10.1. The maximum atomic E-state index is 3.62. The molecule has 0 radical (unpaired) electrons. The summed E-state index contributed by atoms with van der Waals surface area (Å²) in [6.07, 6.45) is 7.06. The summed E-state index contributed by atoms with van der Waals surface area (Å²) in [6, 6.07) is 2.36. The van der Waals surface area contributed by atoms with Crippen molar-refractivity contribution in [2.75, 3.05) is 33.2 Å². The molecule has 20 heavy (non-hydrogen) atoms. The zero-order valence-electron chi connectivity index (χ0n) is 13.6. The van der Waals surface area contributed by atoms with Crippen molar-refractivity contribution in [2.45, 2.75) is 64.1 Å². The highest BCUT2D eigenvalue weighted by Gasteiger charge is 2.39. The van der Waals surface area contributed by atoms with Gasteiger partial charge in [-0.3, -0.25) is 9.80 Å². The minimum absolute atomic E-state index is 0.720. The molecule has 0 aromatic carbocycles. The van der Waals surface area contributed by atoms with Gasteiger partial charge in [-0.05, 0) is 57.5 Å². The predicted octanol–water partition coefficient (Wildman–Crippen LogP) is 2.18. The smallest absolute Gasteiger partial charge is 0.0253 e. The molecule has 3 nitrogen and oxygen atoms in total. The number of rotatable bonds is 3. The Labute approximate surface area is 125 Å². The summed E-state index contributed by atoms with van der Waals surface area (Å²) in [5, 5.41) is 3.62. The van der Waals surface area contributed by atoms with E-state index in [4.69, 9.17) is 0 Å². The summed E-state index contributed by atoms with van der Waals surface area (Å²) in [5.74, 6) is 1.79. The van der Waals surface area contributed by atoms with Crippen LogP contribution in [0.1, 0.15) is 46.0 Å². The molecule has 1 saturated carbocycles. The van der Waals surface area contributed by atoms with E-state index in [2.05, 4.69) is 36.0 Å². The number of piperazine rings is 1. The number of hydrogen-bond acceptors (Lipinski definition) is 3. The minimum Gasteiger partial charge on any atom is -0.315 e. The van der Waals surface area contributed by atoms with Gasteiger partial charge in [0, 0.05) is 37.8 Å². The van der Waals surface area contributed by atoms with E-state index in [1.165, 1.54) is 58.3 Å². The van der Waals surface area contributed by atoms with Gasteiger partial charge in [-0.1, -0.05) is 13.8 Å². The Hall–Kier alpha value is -0.120. The summed E-state index contributed by atoms with van der Waals surface area (Å²) in [4.78, 5) is 5.57. The second-order valence-corrected chi connectivity index (χ2v) is 7.61. The highest BCUT2D eigenvalue weighted by Crippen LogP contribution is 2.34. The van der Waals surface area contributed by atoms with Crippen LogP contribution >= 0.6 is 0 Å². The van der Waals surface area contributed by atoms with Crippen LogP contribution in [0.3, 0.4) is 0 Å². The number of nitrogens with one attached hydrogen (secondary N) is 1. The molecular formula is C17H33N3. The zero-order chi connectivity index (χ0) is 14.1. The lowest BCUT2D eigenvalue weighted by Crippen LogP contribution is -2.59. The third-order valence-corrected chi connectivity index (χ3v) is 6.26. The Bertz CT molecular complexity index is 317. The molecule has 4 unspecified atom stereocenters. The molecule has 1 N–H and O–H groups in total. The Morgan fingerprint density at radius 2 is 1.80 bits per heavy atom. The van der Waals surface area contributed by atoms with Gasteiger partial charge in [0.05, 0.1) is 0 Å². The summed E-state index contributed by atoms with van der Waals surface area (Å²) < 4.78 is 0. The highest BCUT2D eigenvalue weighted by atomic mass is 15.3. The van der Waals surface area contributed by atoms with E-state index in [1.807, 2.05) is 0 Å². The first kappa shape index (κ1) is 14.8. The molecule has 0 spiro atoms. The van der Waals surface area contributed by atoms with Crippen molar-refractivity contribution in [3.8, 4) is 0 Å². The maximum absolute atomic E-state index is 3.62. The summed E-state index contributed by atoms with van der Waals surface area (Å²) >= 11 is 0. The molecular weight excluding hydrogens is 246 g/mol. The normalized spacial score (nSPS) is 40.2. The van der Waals surface area contributed by atoms with Crippen molar-refractivity contribution < 1.29 is 0 Å². The lowest BCUT2D eigenvalue weighted by Gasteiger charge is -2.48. The summed E-state index contributed by atoms with van der Waals surface area (Å²) in [5.41, 5.74) is 0. The first-order chi connectivity index (χ1) is 9.69. The molecule has 0 aromatic rings. The Morgan fingerprint density at radius 3 is 2.55 bits per heavy atom. The van der Waals surface area contributed by atoms with E-state index in [0.717, 1.165) is 30.0 Å². The maximum Gasteiger partial charge on any atom is 0.0253 e. The largest absolute Gasteiger partial charge is 0.315 e. The molecule has 2 heterocycles. The van der Waals surface area contributed by atoms with E-state index >= 15 is 0 Å². The second-order valence-electron chi connectivity index (χ2n) is 7.61. The molecule has 116 valence electrons. The minimum atomic E-state index is 0.720. The monoisotopic (exact) mass is 279 g/mol. The summed E-state index contributed by atoms with van der Waals surface area (Å²) in [7, 11) is 2.17. The van der Waals surface area contributed by atoms with Crippen LogP contribution in [0.25, 0.3) is 0 Å². The molecule has 2 aliphatic heterocycles. The van der Waals surface area contributed by atoms with Crippen molar-refractivity contribution in [3.05, 3.63) is 0 Å². The molecule has 3 heteroatoms. The third-order valence-electron chi connectivity index (χ3n) is 6.26. The topological polar surface area (TPSA) is 18.5 Å². The van der Waals surface area contributed by atoms with Crippen LogP contribution in [0.2, 0.25) is 0 Å². The molecule has 0 bridgehead atoms. The fourth-order valence-electron chi connectivity index (χ4n) is 4.84. The van der Waals surface area contributed by atoms with Crippen LogP contribution in [0.5, 0.6) is 0 Å². The van der Waals surface area contributed by atoms with Gasteiger partial charge in [0.1, 0.15) is 0 Å². The number of fused-ring (bicyclic) bond motifs is 1. The van der Waals surface area contributed by atoms with Crippen LogP contribution < -0.4 is 5.32 Å². The standard InChI is InChI=1S/C17H33N3/c1-13(2)14-6-7-16(18-3)17(11-14)20-10-9-19-8-4-5-15(19)12-20/h13-18H,4-12H2,1-3H3. The van der Waals surface area contributed by atoms with Crippen LogP contribution in [-0.4, -0.2) is 61.2 Å². The third kappa shape index (κ3) is 2.90. The first-order valence-electron chi connectivity index (χ1n) is 8.84. The van der Waals surface area contributed by atoms with Crippen molar-refractivity contribution in [1.82, 2.24) is 15.1 Å². The molecule has 1 aliphatic carbocycles. The number of nitrogens with zero attached hydrogens (tertiary/aromatic N) is 2. The fraction of sp³-hybridized carbons (Fsp3) is 1.00. The second kappa shape index (κ2) is 6.33. The lowest BCUT2D eigenvalue weighted by molar-refractivity contribution is 0.0266. The highest BCUT2D eigenvalue weighted by molar-refractivity contribution is 4.96. The molecule has 4 atom stereocenters. The van der Waals surface area contributed by atoms with Gasteiger partial charge in [0.2, 0.25) is 0 Å². The van der Waals surface area contributed by atoms with Gasteiger partial charge in [0.15, 0.2) is 0 Å². The molecule has 0 amide bonds. The molecule has 2 saturated heterocycles. The Kier molecular flexibility index (Phi) is 4.68. The number of likely N-dealkylation sites (N-methyl/N-ethyl adjacent to an activating group) is 1. The van der Waals surface area contributed by atoms with Gasteiger partial charge in [0.25, 0.3) is 0 Å². The van der Waals surface area contributed by atoms with E-state index in [-0.39, 0.29) is 0 Å². The number of hydrogen-bond donors (Lipinski definition) is 1. The van der Waals surface area contributed by atoms with Crippen LogP contribution in [-0.2, 0) is 0 Å². The lowest BCUT2D eigenvalue weighted by atomic mass is 9.76. The van der Waals surface area contributed by atoms with Crippen LogP contribution in [0.4, 0.5) is 0 Å². The van der Waals surface area contributed by atoms with E-state index in [1.54, 1.807) is 0 Å². The van der Waals surface area contributed by atoms with Crippen molar-refractivity contribution >= 4 is 0 Å². The van der Waals surface area contributed by atoms with Gasteiger partial charge in [-0.15, -0.1) is 0 Å². The van der Waals surface area contributed by atoms with E-state index in [0.29, 0.717) is 0 Å². The fourth-order valence-corrected chi connectivity index (χ4v) is 4.84. The molecule has 3 aliphatic rings. The van der Waals surface area contributed by atoms with Crippen LogP contribution in [0.15, 0.2) is 0 Å². The van der Waals surface area contributed by atoms with Gasteiger partial charge in [-0.2, -0.15) is 0 Å². The SMILES string of the molecule is CNC1CCC(C(C)C)CC1N1CCN2CCCC2C1. The molecule has 0 aromatic heterocycles. The van der Waals surface area contributed by atoms with Gasteiger partial charge >= 0.3 is 0 Å². The molecule has 3 fully saturated rings. The molecule has 3 rings (SSSR count). The Morgan fingerprint density at radius 1 is 1.00 bits per heavy atom. The van der Waals surface area contributed by atoms with E-state index in [9.17, 15) is 0 Å². The van der Waals surface area contributed by atoms with Crippen LogP contribution in [0, 0.1) is 11.8 Å². The quantitative estimate of drug-likeness (QED) is 0.854. The average molecular weight is 279 g/mol. The van der Waals surface area contributed by atoms with E-state index < -0.39 is 0 Å². The zero-order valence-corrected chi connectivity index (χ0v) is 13.6. The Balaban J connectivity index is 1.65.